The predicted molar refractivity (Wildman–Crippen MR) is 153 cm³/mol. The van der Waals surface area contributed by atoms with Gasteiger partial charge in [0.05, 0.1) is 11.4 Å². The molecule has 0 aromatic heterocycles. The molecule has 7 heteroatoms. The molecule has 210 valence electrons. The molecule has 0 radical (unpaired) electrons. The van der Waals surface area contributed by atoms with Gasteiger partial charge in [0, 0.05) is 22.2 Å². The maximum atomic E-state index is 14.3. The Kier molecular flexibility index (Phi) is 6.71. The van der Waals surface area contributed by atoms with Crippen LogP contribution in [0.3, 0.4) is 0 Å². The van der Waals surface area contributed by atoms with E-state index < -0.39 is 22.6 Å². The molecule has 3 amide bonds. The lowest BCUT2D eigenvalue weighted by Gasteiger charge is -2.56. The van der Waals surface area contributed by atoms with Crippen LogP contribution in [0, 0.1) is 23.6 Å². The molecule has 2 aromatic carbocycles. The molecule has 4 N–H and O–H groups in total. The first-order chi connectivity index (χ1) is 18.1. The number of benzene rings is 2. The SMILES string of the molecule is CC(C)(C)c1cc(C(=O)Nc2cc(F)ccc2NC(=O)NC23CC4CC(CC(C4)C2)C3)cc(C(C)(C)C)c1O. The third kappa shape index (κ3) is 5.64. The van der Waals surface area contributed by atoms with Gasteiger partial charge in [-0.2, -0.15) is 0 Å². The van der Waals surface area contributed by atoms with Crippen LogP contribution in [0.2, 0.25) is 0 Å². The number of anilines is 2. The van der Waals surface area contributed by atoms with Gasteiger partial charge in [-0.05, 0) is 97.4 Å². The van der Waals surface area contributed by atoms with Gasteiger partial charge in [0.1, 0.15) is 11.6 Å². The van der Waals surface area contributed by atoms with Crippen molar-refractivity contribution in [2.75, 3.05) is 10.6 Å². The summed E-state index contributed by atoms with van der Waals surface area (Å²) in [6.07, 6.45) is 6.90. The Morgan fingerprint density at radius 3 is 1.82 bits per heavy atom. The minimum Gasteiger partial charge on any atom is -0.507 e. The summed E-state index contributed by atoms with van der Waals surface area (Å²) in [7, 11) is 0. The van der Waals surface area contributed by atoms with Crippen LogP contribution in [-0.2, 0) is 10.8 Å². The number of hydrogen-bond donors (Lipinski definition) is 4. The molecular weight excluding hydrogens is 493 g/mol. The van der Waals surface area contributed by atoms with E-state index in [2.05, 4.69) is 16.0 Å². The van der Waals surface area contributed by atoms with E-state index in [1.807, 2.05) is 41.5 Å². The minimum atomic E-state index is -0.520. The molecule has 0 unspecified atom stereocenters. The van der Waals surface area contributed by atoms with E-state index in [9.17, 15) is 19.1 Å². The van der Waals surface area contributed by atoms with E-state index in [-0.39, 0.29) is 23.0 Å². The number of carbonyl (C=O) groups excluding carboxylic acids is 2. The van der Waals surface area contributed by atoms with Gasteiger partial charge in [-0.1, -0.05) is 41.5 Å². The number of hydrogen-bond acceptors (Lipinski definition) is 3. The fourth-order valence-corrected chi connectivity index (χ4v) is 7.49. The molecule has 0 saturated heterocycles. The van der Waals surface area contributed by atoms with Gasteiger partial charge in [-0.3, -0.25) is 4.79 Å². The molecule has 39 heavy (non-hydrogen) atoms. The number of rotatable bonds is 4. The minimum absolute atomic E-state index is 0.166. The van der Waals surface area contributed by atoms with Crippen LogP contribution in [0.15, 0.2) is 30.3 Å². The predicted octanol–water partition coefficient (Wildman–Crippen LogP) is 7.47. The lowest BCUT2D eigenvalue weighted by atomic mass is 9.53. The largest absolute Gasteiger partial charge is 0.507 e. The highest BCUT2D eigenvalue weighted by atomic mass is 19.1. The summed E-state index contributed by atoms with van der Waals surface area (Å²) in [6.45, 7) is 11.9. The Hall–Kier alpha value is -3.09. The van der Waals surface area contributed by atoms with Crippen LogP contribution in [0.5, 0.6) is 5.75 Å². The van der Waals surface area contributed by atoms with Crippen LogP contribution < -0.4 is 16.0 Å². The number of phenols is 1. The van der Waals surface area contributed by atoms with Gasteiger partial charge >= 0.3 is 6.03 Å². The average molecular weight is 536 g/mol. The Morgan fingerprint density at radius 2 is 1.33 bits per heavy atom. The number of carbonyl (C=O) groups is 2. The zero-order valence-electron chi connectivity index (χ0n) is 24.0. The van der Waals surface area contributed by atoms with Crippen molar-refractivity contribution in [2.45, 2.75) is 96.4 Å². The van der Waals surface area contributed by atoms with Crippen molar-refractivity contribution >= 4 is 23.3 Å². The summed E-state index contributed by atoms with van der Waals surface area (Å²) in [5.41, 5.74) is 1.22. The van der Waals surface area contributed by atoms with E-state index in [0.29, 0.717) is 40.1 Å². The van der Waals surface area contributed by atoms with Crippen molar-refractivity contribution in [1.82, 2.24) is 5.32 Å². The summed E-state index contributed by atoms with van der Waals surface area (Å²) in [5, 5.41) is 20.0. The van der Waals surface area contributed by atoms with Crippen molar-refractivity contribution in [3.8, 4) is 5.75 Å². The number of phenolic OH excluding ortho intramolecular Hbond substituents is 1. The molecule has 0 spiro atoms. The van der Waals surface area contributed by atoms with Gasteiger partial charge in [0.25, 0.3) is 5.91 Å². The number of amides is 3. The van der Waals surface area contributed by atoms with E-state index in [0.717, 1.165) is 19.3 Å². The maximum absolute atomic E-state index is 14.3. The average Bonchev–Trinajstić information content (AvgIpc) is 2.78. The van der Waals surface area contributed by atoms with Crippen molar-refractivity contribution in [2.24, 2.45) is 17.8 Å². The van der Waals surface area contributed by atoms with Gasteiger partial charge in [0.2, 0.25) is 0 Å². The molecule has 0 atom stereocenters. The van der Waals surface area contributed by atoms with E-state index >= 15 is 0 Å². The number of halogens is 1. The lowest BCUT2D eigenvalue weighted by Crippen LogP contribution is -2.60. The fraction of sp³-hybridized carbons (Fsp3) is 0.562. The van der Waals surface area contributed by atoms with E-state index in [1.165, 1.54) is 37.5 Å². The Bertz CT molecular complexity index is 1230. The van der Waals surface area contributed by atoms with Crippen LogP contribution in [-0.4, -0.2) is 22.6 Å². The first-order valence-electron chi connectivity index (χ1n) is 14.2. The van der Waals surface area contributed by atoms with Gasteiger partial charge in [-0.15, -0.1) is 0 Å². The first-order valence-corrected chi connectivity index (χ1v) is 14.2. The van der Waals surface area contributed by atoms with E-state index in [1.54, 1.807) is 12.1 Å². The van der Waals surface area contributed by atoms with Crippen molar-refractivity contribution in [1.29, 1.82) is 0 Å². The van der Waals surface area contributed by atoms with Crippen LogP contribution in [0.25, 0.3) is 0 Å². The summed E-state index contributed by atoms with van der Waals surface area (Å²) in [5.74, 6) is 1.30. The standard InChI is InChI=1S/C32H42FN3O3/c1-30(2,3)23-12-21(13-24(27(23)37)31(4,5)6)28(38)34-26-14-22(33)7-8-25(26)35-29(39)36-32-15-18-9-19(16-32)11-20(10-18)17-32/h7-8,12-14,18-20,37H,9-11,15-17H2,1-6H3,(H,34,38)(H2,35,36,39). The van der Waals surface area contributed by atoms with Crippen molar-refractivity contribution in [3.05, 3.63) is 52.8 Å². The summed E-state index contributed by atoms with van der Waals surface area (Å²) >= 11 is 0. The van der Waals surface area contributed by atoms with Crippen molar-refractivity contribution in [3.63, 3.8) is 0 Å². The highest BCUT2D eigenvalue weighted by Gasteiger charge is 2.51. The molecule has 6 rings (SSSR count). The second-order valence-electron chi connectivity index (χ2n) is 14.3. The molecule has 6 nitrogen and oxygen atoms in total. The highest BCUT2D eigenvalue weighted by Crippen LogP contribution is 2.55. The Labute approximate surface area is 231 Å². The molecule has 4 fully saturated rings. The lowest BCUT2D eigenvalue weighted by molar-refractivity contribution is -0.0127. The number of urea groups is 1. The van der Waals surface area contributed by atoms with Crippen molar-refractivity contribution < 1.29 is 19.1 Å². The zero-order chi connectivity index (χ0) is 28.3. The topological polar surface area (TPSA) is 90.5 Å². The smallest absolute Gasteiger partial charge is 0.319 e. The monoisotopic (exact) mass is 535 g/mol. The fourth-order valence-electron chi connectivity index (χ4n) is 7.49. The third-order valence-electron chi connectivity index (χ3n) is 8.88. The Morgan fingerprint density at radius 1 is 0.821 bits per heavy atom. The molecule has 0 heterocycles. The van der Waals surface area contributed by atoms with Gasteiger partial charge in [0.15, 0.2) is 0 Å². The molecule has 2 aromatic rings. The quantitative estimate of drug-likeness (QED) is 0.327. The zero-order valence-corrected chi connectivity index (χ0v) is 24.0. The summed E-state index contributed by atoms with van der Waals surface area (Å²) in [6, 6.07) is 7.01. The molecule has 4 saturated carbocycles. The normalized spacial score (nSPS) is 25.9. The number of aromatic hydroxyl groups is 1. The molecule has 4 bridgehead atoms. The Balaban J connectivity index is 1.38. The van der Waals surface area contributed by atoms with Gasteiger partial charge in [-0.25, -0.2) is 9.18 Å². The van der Waals surface area contributed by atoms with Crippen LogP contribution >= 0.6 is 0 Å². The molecule has 0 aliphatic heterocycles. The molecule has 4 aliphatic rings. The van der Waals surface area contributed by atoms with E-state index in [4.69, 9.17) is 0 Å². The summed E-state index contributed by atoms with van der Waals surface area (Å²) in [4.78, 5) is 26.7. The maximum Gasteiger partial charge on any atom is 0.319 e. The van der Waals surface area contributed by atoms with Crippen LogP contribution in [0.4, 0.5) is 20.6 Å². The molecule has 4 aliphatic carbocycles. The molecular formula is C32H42FN3O3. The first kappa shape index (κ1) is 27.5. The highest BCUT2D eigenvalue weighted by molar-refractivity contribution is 6.07. The summed E-state index contributed by atoms with van der Waals surface area (Å²) < 4.78 is 14.3. The number of nitrogens with one attached hydrogen (secondary N) is 3. The second-order valence-corrected chi connectivity index (χ2v) is 14.3. The van der Waals surface area contributed by atoms with Crippen LogP contribution in [0.1, 0.15) is 102 Å². The third-order valence-corrected chi connectivity index (χ3v) is 8.88. The second kappa shape index (κ2) is 9.53. The van der Waals surface area contributed by atoms with Gasteiger partial charge < -0.3 is 21.1 Å².